The van der Waals surface area contributed by atoms with Crippen molar-refractivity contribution in [2.45, 2.75) is 13.0 Å². The molecular weight excluding hydrogens is 280 g/mol. The van der Waals surface area contributed by atoms with Crippen LogP contribution in [0.4, 0.5) is 0 Å². The highest BCUT2D eigenvalue weighted by atomic mass is 35.5. The summed E-state index contributed by atoms with van der Waals surface area (Å²) in [4.78, 5) is 24.2. The first kappa shape index (κ1) is 14.8. The molecule has 1 saturated heterocycles. The highest BCUT2D eigenvalue weighted by Crippen LogP contribution is 2.18. The monoisotopic (exact) mass is 296 g/mol. The van der Waals surface area contributed by atoms with Gasteiger partial charge in [-0.2, -0.15) is 0 Å². The molecule has 1 aromatic carbocycles. The van der Waals surface area contributed by atoms with Crippen LogP contribution >= 0.6 is 11.6 Å². The zero-order valence-electron chi connectivity index (χ0n) is 11.0. The first-order valence-electron chi connectivity index (χ1n) is 6.48. The Morgan fingerprint density at radius 3 is 2.55 bits per heavy atom. The third-order valence-electron chi connectivity index (χ3n) is 3.27. The first-order valence-corrected chi connectivity index (χ1v) is 6.86. The molecule has 0 saturated carbocycles. The molecule has 0 aromatic heterocycles. The molecule has 0 spiro atoms. The summed E-state index contributed by atoms with van der Waals surface area (Å²) in [5.74, 6) is -0.646. The molecule has 1 heterocycles. The van der Waals surface area contributed by atoms with Crippen molar-refractivity contribution in [3.63, 3.8) is 0 Å². The van der Waals surface area contributed by atoms with Gasteiger partial charge < -0.3 is 10.4 Å². The molecule has 1 aliphatic rings. The van der Waals surface area contributed by atoms with Gasteiger partial charge in [-0.3, -0.25) is 14.5 Å². The number of halogens is 1. The summed E-state index contributed by atoms with van der Waals surface area (Å²) in [6, 6.07) is 7.31. The van der Waals surface area contributed by atoms with E-state index in [0.29, 0.717) is 31.2 Å². The summed E-state index contributed by atoms with van der Waals surface area (Å²) in [7, 11) is 0. The molecule has 0 bridgehead atoms. The van der Waals surface area contributed by atoms with Gasteiger partial charge in [0.05, 0.1) is 13.0 Å². The zero-order chi connectivity index (χ0) is 14.5. The fourth-order valence-corrected chi connectivity index (χ4v) is 2.37. The van der Waals surface area contributed by atoms with Crippen molar-refractivity contribution < 1.29 is 14.7 Å². The topological polar surface area (TPSA) is 69.6 Å². The minimum atomic E-state index is -0.776. The van der Waals surface area contributed by atoms with E-state index in [4.69, 9.17) is 16.7 Å². The minimum Gasteiger partial charge on any atom is -0.481 e. The third kappa shape index (κ3) is 4.51. The molecule has 20 heavy (non-hydrogen) atoms. The van der Waals surface area contributed by atoms with Gasteiger partial charge >= 0.3 is 5.97 Å². The standard InChI is InChI=1S/C14H17ClN2O3/c15-12-3-1-10(2-4-12)6-16-13(18)9-17-7-11(8-17)5-14(19)20/h1-4,11H,5-9H2,(H,16,18)(H,19,20). The molecule has 0 radical (unpaired) electrons. The average Bonchev–Trinajstić information content (AvgIpc) is 2.35. The van der Waals surface area contributed by atoms with Gasteiger partial charge in [0.25, 0.3) is 0 Å². The summed E-state index contributed by atoms with van der Waals surface area (Å²) in [5, 5.41) is 12.1. The maximum Gasteiger partial charge on any atom is 0.303 e. The zero-order valence-corrected chi connectivity index (χ0v) is 11.8. The number of hydrogen-bond acceptors (Lipinski definition) is 3. The number of amides is 1. The number of carbonyl (C=O) groups excluding carboxylic acids is 1. The molecule has 1 aliphatic heterocycles. The van der Waals surface area contributed by atoms with E-state index in [0.717, 1.165) is 5.56 Å². The van der Waals surface area contributed by atoms with Crippen LogP contribution in [0.15, 0.2) is 24.3 Å². The van der Waals surface area contributed by atoms with Crippen molar-refractivity contribution in [3.05, 3.63) is 34.9 Å². The first-order chi connectivity index (χ1) is 9.52. The molecule has 1 fully saturated rings. The SMILES string of the molecule is O=C(O)CC1CN(CC(=O)NCc2ccc(Cl)cc2)C1. The van der Waals surface area contributed by atoms with Crippen LogP contribution in [0.5, 0.6) is 0 Å². The van der Waals surface area contributed by atoms with Gasteiger partial charge in [-0.15, -0.1) is 0 Å². The summed E-state index contributed by atoms with van der Waals surface area (Å²) < 4.78 is 0. The van der Waals surface area contributed by atoms with E-state index in [1.165, 1.54) is 0 Å². The van der Waals surface area contributed by atoms with E-state index in [1.807, 2.05) is 17.0 Å². The lowest BCUT2D eigenvalue weighted by Gasteiger charge is -2.37. The van der Waals surface area contributed by atoms with Crippen LogP contribution in [0, 0.1) is 5.92 Å². The second-order valence-electron chi connectivity index (χ2n) is 5.06. The van der Waals surface area contributed by atoms with Gasteiger partial charge in [-0.25, -0.2) is 0 Å². The Kier molecular flexibility index (Phi) is 4.98. The maximum absolute atomic E-state index is 11.7. The van der Waals surface area contributed by atoms with Crippen molar-refractivity contribution in [1.29, 1.82) is 0 Å². The number of aliphatic carboxylic acids is 1. The fraction of sp³-hybridized carbons (Fsp3) is 0.429. The molecule has 1 aromatic rings. The van der Waals surface area contributed by atoms with Crippen LogP contribution in [0.1, 0.15) is 12.0 Å². The van der Waals surface area contributed by atoms with E-state index in [-0.39, 0.29) is 18.2 Å². The molecule has 0 atom stereocenters. The van der Waals surface area contributed by atoms with Crippen molar-refractivity contribution >= 4 is 23.5 Å². The number of carboxylic acid groups (broad SMARTS) is 1. The number of carboxylic acids is 1. The normalized spacial score (nSPS) is 15.7. The Hall–Kier alpha value is -1.59. The van der Waals surface area contributed by atoms with Gasteiger partial charge in [0.15, 0.2) is 0 Å². The predicted molar refractivity (Wildman–Crippen MR) is 75.5 cm³/mol. The summed E-state index contributed by atoms with van der Waals surface area (Å²) in [6.07, 6.45) is 0.183. The summed E-state index contributed by atoms with van der Waals surface area (Å²) >= 11 is 5.78. The number of hydrogen-bond donors (Lipinski definition) is 2. The Bertz CT molecular complexity index is 484. The van der Waals surface area contributed by atoms with E-state index < -0.39 is 5.97 Å². The maximum atomic E-state index is 11.7. The minimum absolute atomic E-state index is 0.0475. The van der Waals surface area contributed by atoms with Gasteiger partial charge in [-0.1, -0.05) is 23.7 Å². The molecule has 2 N–H and O–H groups in total. The average molecular weight is 297 g/mol. The Morgan fingerprint density at radius 1 is 1.30 bits per heavy atom. The molecule has 108 valence electrons. The molecule has 5 nitrogen and oxygen atoms in total. The number of carbonyl (C=O) groups is 2. The number of likely N-dealkylation sites (tertiary alicyclic amines) is 1. The Labute approximate surface area is 122 Å². The van der Waals surface area contributed by atoms with Crippen LogP contribution in [0.3, 0.4) is 0 Å². The van der Waals surface area contributed by atoms with Crippen LogP contribution < -0.4 is 5.32 Å². The number of nitrogens with zero attached hydrogens (tertiary/aromatic N) is 1. The number of rotatable bonds is 6. The molecule has 0 aliphatic carbocycles. The quantitative estimate of drug-likeness (QED) is 0.832. The second-order valence-corrected chi connectivity index (χ2v) is 5.50. The summed E-state index contributed by atoms with van der Waals surface area (Å²) in [5.41, 5.74) is 0.995. The van der Waals surface area contributed by atoms with Crippen LogP contribution in [0.2, 0.25) is 5.02 Å². The van der Waals surface area contributed by atoms with Gasteiger partial charge in [0.1, 0.15) is 0 Å². The van der Waals surface area contributed by atoms with E-state index in [2.05, 4.69) is 5.32 Å². The van der Waals surface area contributed by atoms with E-state index >= 15 is 0 Å². The largest absolute Gasteiger partial charge is 0.481 e. The van der Waals surface area contributed by atoms with Crippen LogP contribution in [-0.4, -0.2) is 41.5 Å². The van der Waals surface area contributed by atoms with Gasteiger partial charge in [-0.05, 0) is 23.6 Å². The third-order valence-corrected chi connectivity index (χ3v) is 3.52. The van der Waals surface area contributed by atoms with E-state index in [9.17, 15) is 9.59 Å². The second kappa shape index (κ2) is 6.72. The lowest BCUT2D eigenvalue weighted by molar-refractivity contribution is -0.139. The molecule has 0 unspecified atom stereocenters. The van der Waals surface area contributed by atoms with Crippen molar-refractivity contribution in [2.75, 3.05) is 19.6 Å². The lowest BCUT2D eigenvalue weighted by atomic mass is 9.96. The lowest BCUT2D eigenvalue weighted by Crippen LogP contribution is -2.51. The molecular formula is C14H17ClN2O3. The van der Waals surface area contributed by atoms with Crippen molar-refractivity contribution in [2.24, 2.45) is 5.92 Å². The smallest absolute Gasteiger partial charge is 0.303 e. The molecule has 2 rings (SSSR count). The Balaban J connectivity index is 1.64. The van der Waals surface area contributed by atoms with Crippen LogP contribution in [0.25, 0.3) is 0 Å². The number of nitrogens with one attached hydrogen (secondary N) is 1. The van der Waals surface area contributed by atoms with Crippen LogP contribution in [-0.2, 0) is 16.1 Å². The van der Waals surface area contributed by atoms with Gasteiger partial charge in [0.2, 0.25) is 5.91 Å². The highest BCUT2D eigenvalue weighted by Gasteiger charge is 2.29. The predicted octanol–water partition coefficient (Wildman–Crippen LogP) is 1.36. The molecule has 6 heteroatoms. The Morgan fingerprint density at radius 2 is 1.95 bits per heavy atom. The van der Waals surface area contributed by atoms with Crippen molar-refractivity contribution in [3.8, 4) is 0 Å². The van der Waals surface area contributed by atoms with Crippen molar-refractivity contribution in [1.82, 2.24) is 10.2 Å². The number of benzene rings is 1. The molecule has 1 amide bonds. The van der Waals surface area contributed by atoms with Gasteiger partial charge in [0, 0.05) is 24.7 Å². The van der Waals surface area contributed by atoms with E-state index in [1.54, 1.807) is 12.1 Å². The summed E-state index contributed by atoms with van der Waals surface area (Å²) in [6.45, 7) is 2.16. The fourth-order valence-electron chi connectivity index (χ4n) is 2.24. The highest BCUT2D eigenvalue weighted by molar-refractivity contribution is 6.30.